The van der Waals surface area contributed by atoms with Gasteiger partial charge in [-0.05, 0) is 32.8 Å². The van der Waals surface area contributed by atoms with E-state index in [1.807, 2.05) is 12.3 Å². The van der Waals surface area contributed by atoms with Gasteiger partial charge in [-0.3, -0.25) is 14.7 Å². The van der Waals surface area contributed by atoms with Gasteiger partial charge in [-0.1, -0.05) is 6.07 Å². The minimum absolute atomic E-state index is 0. The number of morpholine rings is 1. The molecule has 154 valence electrons. The zero-order valence-electron chi connectivity index (χ0n) is 16.5. The van der Waals surface area contributed by atoms with Crippen LogP contribution in [0.25, 0.3) is 0 Å². The molecule has 7 nitrogen and oxygen atoms in total. The molecule has 0 saturated carbocycles. The highest BCUT2D eigenvalue weighted by Crippen LogP contribution is 2.03. The molecule has 1 aromatic rings. The molecule has 0 radical (unpaired) electrons. The third-order valence-corrected chi connectivity index (χ3v) is 4.54. The fourth-order valence-electron chi connectivity index (χ4n) is 2.96. The topological polar surface area (TPSA) is 70.9 Å². The maximum Gasteiger partial charge on any atom is 0.250 e. The summed E-state index contributed by atoms with van der Waals surface area (Å²) in [6.45, 7) is 11.1. The largest absolute Gasteiger partial charge is 0.379 e. The Labute approximate surface area is 179 Å². The average Bonchev–Trinajstić information content (AvgIpc) is 2.67. The van der Waals surface area contributed by atoms with Crippen molar-refractivity contribution in [2.45, 2.75) is 39.3 Å². The van der Waals surface area contributed by atoms with Crippen LogP contribution in [0.4, 0.5) is 0 Å². The summed E-state index contributed by atoms with van der Waals surface area (Å²) in [5.74, 6) is 0.865. The number of unbranched alkanes of at least 4 members (excludes halogenated alkanes) is 1. The number of nitrogens with zero attached hydrogens (tertiary/aromatic N) is 3. The highest BCUT2D eigenvalue weighted by molar-refractivity contribution is 14.0. The van der Waals surface area contributed by atoms with Crippen molar-refractivity contribution >= 4 is 29.9 Å². The Balaban J connectivity index is 0.00000364. The normalized spacial score (nSPS) is 16.4. The van der Waals surface area contributed by atoms with Gasteiger partial charge in [0, 0.05) is 51.0 Å². The summed E-state index contributed by atoms with van der Waals surface area (Å²) in [4.78, 5) is 18.8. The van der Waals surface area contributed by atoms with Crippen molar-refractivity contribution in [3.05, 3.63) is 34.7 Å². The van der Waals surface area contributed by atoms with E-state index in [4.69, 9.17) is 9.73 Å². The molecule has 1 aromatic heterocycles. The number of aromatic nitrogens is 1. The summed E-state index contributed by atoms with van der Waals surface area (Å²) in [7, 11) is 0. The Morgan fingerprint density at radius 1 is 1.26 bits per heavy atom. The van der Waals surface area contributed by atoms with Gasteiger partial charge < -0.3 is 19.9 Å². The number of hydrogen-bond donors (Lipinski definition) is 2. The van der Waals surface area contributed by atoms with Crippen molar-refractivity contribution in [1.82, 2.24) is 20.1 Å². The SMILES string of the molecule is CCNC(=NCC(C)N1CCOCC1)NCCCCn1ccccc1=O.I. The molecule has 1 atom stereocenters. The molecule has 8 heteroatoms. The van der Waals surface area contributed by atoms with E-state index < -0.39 is 0 Å². The number of halogens is 1. The lowest BCUT2D eigenvalue weighted by Crippen LogP contribution is -2.44. The van der Waals surface area contributed by atoms with E-state index in [1.54, 1.807) is 16.7 Å². The van der Waals surface area contributed by atoms with Crippen molar-refractivity contribution in [2.24, 2.45) is 4.99 Å². The molecule has 1 unspecified atom stereocenters. The smallest absolute Gasteiger partial charge is 0.250 e. The van der Waals surface area contributed by atoms with Gasteiger partial charge in [0.15, 0.2) is 5.96 Å². The minimum atomic E-state index is 0. The van der Waals surface area contributed by atoms with Crippen LogP contribution in [0.1, 0.15) is 26.7 Å². The van der Waals surface area contributed by atoms with Crippen LogP contribution >= 0.6 is 24.0 Å². The fraction of sp³-hybridized carbons (Fsp3) is 0.684. The molecule has 0 amide bonds. The van der Waals surface area contributed by atoms with Gasteiger partial charge >= 0.3 is 0 Å². The highest BCUT2D eigenvalue weighted by atomic mass is 127. The zero-order chi connectivity index (χ0) is 18.6. The Bertz CT molecular complexity index is 602. The van der Waals surface area contributed by atoms with E-state index in [1.165, 1.54) is 0 Å². The van der Waals surface area contributed by atoms with Gasteiger partial charge in [-0.15, -0.1) is 24.0 Å². The van der Waals surface area contributed by atoms with Crippen LogP contribution < -0.4 is 16.2 Å². The lowest BCUT2D eigenvalue weighted by atomic mass is 10.2. The summed E-state index contributed by atoms with van der Waals surface area (Å²) in [5, 5.41) is 6.69. The first-order valence-corrected chi connectivity index (χ1v) is 9.70. The standard InChI is InChI=1S/C19H33N5O2.HI/c1-3-20-19(22-16-17(2)23-12-14-26-15-13-23)21-9-5-7-11-24-10-6-4-8-18(24)25;/h4,6,8,10,17H,3,5,7,9,11-16H2,1-2H3,(H2,20,21,22);1H. The van der Waals surface area contributed by atoms with Crippen molar-refractivity contribution in [3.63, 3.8) is 0 Å². The van der Waals surface area contributed by atoms with Crippen molar-refractivity contribution < 1.29 is 4.74 Å². The Kier molecular flexibility index (Phi) is 12.4. The fourth-order valence-corrected chi connectivity index (χ4v) is 2.96. The number of aryl methyl sites for hydroxylation is 1. The van der Waals surface area contributed by atoms with Crippen molar-refractivity contribution in [3.8, 4) is 0 Å². The zero-order valence-corrected chi connectivity index (χ0v) is 18.9. The summed E-state index contributed by atoms with van der Waals surface area (Å²) in [6, 6.07) is 5.69. The maximum absolute atomic E-state index is 11.7. The average molecular weight is 491 g/mol. The molecule has 0 aromatic carbocycles. The maximum atomic E-state index is 11.7. The minimum Gasteiger partial charge on any atom is -0.379 e. The number of aliphatic imine (C=N–C) groups is 1. The second-order valence-electron chi connectivity index (χ2n) is 6.58. The first kappa shape index (κ1) is 23.9. The molecule has 2 rings (SSSR count). The molecule has 0 bridgehead atoms. The predicted octanol–water partition coefficient (Wildman–Crippen LogP) is 1.52. The van der Waals surface area contributed by atoms with Crippen LogP contribution in [-0.2, 0) is 11.3 Å². The van der Waals surface area contributed by atoms with Gasteiger partial charge in [0.1, 0.15) is 0 Å². The van der Waals surface area contributed by atoms with Crippen LogP contribution in [0.15, 0.2) is 34.2 Å². The Morgan fingerprint density at radius 2 is 2.04 bits per heavy atom. The van der Waals surface area contributed by atoms with E-state index in [-0.39, 0.29) is 29.5 Å². The number of pyridine rings is 1. The Hall–Kier alpha value is -1.13. The van der Waals surface area contributed by atoms with E-state index in [0.717, 1.165) is 71.3 Å². The molecule has 1 saturated heterocycles. The molecule has 1 aliphatic rings. The van der Waals surface area contributed by atoms with Gasteiger partial charge in [-0.25, -0.2) is 0 Å². The van der Waals surface area contributed by atoms with Crippen LogP contribution in [-0.4, -0.2) is 67.4 Å². The summed E-state index contributed by atoms with van der Waals surface area (Å²) >= 11 is 0. The van der Waals surface area contributed by atoms with Crippen molar-refractivity contribution in [1.29, 1.82) is 0 Å². The molecule has 2 heterocycles. The molecular formula is C19H34IN5O2. The van der Waals surface area contributed by atoms with E-state index >= 15 is 0 Å². The number of ether oxygens (including phenoxy) is 1. The molecule has 0 spiro atoms. The van der Waals surface area contributed by atoms with Crippen LogP contribution in [0.2, 0.25) is 0 Å². The molecule has 27 heavy (non-hydrogen) atoms. The molecule has 1 aliphatic heterocycles. The van der Waals surface area contributed by atoms with E-state index in [0.29, 0.717) is 6.04 Å². The van der Waals surface area contributed by atoms with Crippen LogP contribution in [0.3, 0.4) is 0 Å². The van der Waals surface area contributed by atoms with Gasteiger partial charge in [0.25, 0.3) is 0 Å². The molecular weight excluding hydrogens is 457 g/mol. The second kappa shape index (κ2) is 14.0. The third kappa shape index (κ3) is 9.07. The monoisotopic (exact) mass is 491 g/mol. The first-order valence-electron chi connectivity index (χ1n) is 9.70. The van der Waals surface area contributed by atoms with Crippen LogP contribution in [0.5, 0.6) is 0 Å². The number of nitrogens with one attached hydrogen (secondary N) is 2. The second-order valence-corrected chi connectivity index (χ2v) is 6.58. The van der Waals surface area contributed by atoms with Gasteiger partial charge in [0.05, 0.1) is 19.8 Å². The van der Waals surface area contributed by atoms with E-state index in [2.05, 4.69) is 29.4 Å². The molecule has 0 aliphatic carbocycles. The van der Waals surface area contributed by atoms with Gasteiger partial charge in [0.2, 0.25) is 5.56 Å². The molecule has 1 fully saturated rings. The lowest BCUT2D eigenvalue weighted by molar-refractivity contribution is 0.0220. The summed E-state index contributed by atoms with van der Waals surface area (Å²) < 4.78 is 7.16. The quantitative estimate of drug-likeness (QED) is 0.237. The number of hydrogen-bond acceptors (Lipinski definition) is 4. The highest BCUT2D eigenvalue weighted by Gasteiger charge is 2.16. The van der Waals surface area contributed by atoms with E-state index in [9.17, 15) is 4.79 Å². The molecule has 2 N–H and O–H groups in total. The van der Waals surface area contributed by atoms with Gasteiger partial charge in [-0.2, -0.15) is 0 Å². The summed E-state index contributed by atoms with van der Waals surface area (Å²) in [5.41, 5.74) is 0.0625. The third-order valence-electron chi connectivity index (χ3n) is 4.54. The number of rotatable bonds is 9. The predicted molar refractivity (Wildman–Crippen MR) is 121 cm³/mol. The number of guanidine groups is 1. The van der Waals surface area contributed by atoms with Crippen molar-refractivity contribution in [2.75, 3.05) is 45.9 Å². The lowest BCUT2D eigenvalue weighted by Gasteiger charge is -2.31. The van der Waals surface area contributed by atoms with Crippen LogP contribution in [0, 0.1) is 0 Å². The first-order chi connectivity index (χ1) is 12.7. The summed E-state index contributed by atoms with van der Waals surface area (Å²) in [6.07, 6.45) is 3.79. The Morgan fingerprint density at radius 3 is 2.74 bits per heavy atom.